The van der Waals surface area contributed by atoms with E-state index in [2.05, 4.69) is 5.32 Å². The predicted octanol–water partition coefficient (Wildman–Crippen LogP) is 3.62. The third kappa shape index (κ3) is 7.69. The van der Waals surface area contributed by atoms with Crippen LogP contribution < -0.4 is 10.1 Å². The summed E-state index contributed by atoms with van der Waals surface area (Å²) >= 11 is 1.000. The molecule has 8 nitrogen and oxygen atoms in total. The van der Waals surface area contributed by atoms with Gasteiger partial charge >= 0.3 is 0 Å². The van der Waals surface area contributed by atoms with E-state index in [1.165, 1.54) is 6.92 Å². The lowest BCUT2D eigenvalue weighted by Gasteiger charge is -2.19. The van der Waals surface area contributed by atoms with E-state index in [1.54, 1.807) is 26.1 Å². The van der Waals surface area contributed by atoms with Crippen LogP contribution in [0.1, 0.15) is 38.2 Å². The summed E-state index contributed by atoms with van der Waals surface area (Å²) in [5.74, 6) is -0.0498. The van der Waals surface area contributed by atoms with Crippen LogP contribution in [0, 0.1) is 10.8 Å². The van der Waals surface area contributed by atoms with Crippen molar-refractivity contribution in [1.82, 2.24) is 10.2 Å². The van der Waals surface area contributed by atoms with Crippen molar-refractivity contribution in [1.29, 1.82) is 10.8 Å². The molecule has 2 aromatic carbocycles. The van der Waals surface area contributed by atoms with E-state index >= 15 is 0 Å². The topological polar surface area (TPSA) is 123 Å². The number of rotatable bonds is 11. The molecule has 0 aromatic heterocycles. The van der Waals surface area contributed by atoms with Crippen LogP contribution in [0.5, 0.6) is 5.75 Å². The molecule has 1 amide bonds. The van der Waals surface area contributed by atoms with E-state index in [1.807, 2.05) is 43.3 Å². The van der Waals surface area contributed by atoms with Crippen LogP contribution in [-0.4, -0.2) is 66.3 Å². The van der Waals surface area contributed by atoms with Gasteiger partial charge in [-0.2, -0.15) is 0 Å². The second-order valence-electron chi connectivity index (χ2n) is 8.34. The third-order valence-electron chi connectivity index (χ3n) is 5.39. The molecule has 34 heavy (non-hydrogen) atoms. The molecule has 2 rings (SSSR count). The van der Waals surface area contributed by atoms with Crippen LogP contribution in [0.2, 0.25) is 0 Å². The average molecular weight is 485 g/mol. The van der Waals surface area contributed by atoms with Crippen molar-refractivity contribution in [2.45, 2.75) is 38.6 Å². The van der Waals surface area contributed by atoms with Gasteiger partial charge in [-0.25, -0.2) is 0 Å². The Labute approximate surface area is 204 Å². The lowest BCUT2D eigenvalue weighted by molar-refractivity contribution is -0.125. The summed E-state index contributed by atoms with van der Waals surface area (Å²) in [6, 6.07) is 10.7. The smallest absolute Gasteiger partial charge is 0.217 e. The van der Waals surface area contributed by atoms with Crippen LogP contribution in [-0.2, 0) is 14.4 Å². The standard InChI is InChI=1S/C25H32N4O4S/c1-15(17-6-7-19-11-21(33-5)9-8-18(19)10-17)25(32)34-14-22(28-16(2)30)23(31)12-20(26)13-24(27)29(3)4/h6-11,15,22,26-27H,12-14H2,1-5H3,(H,28,30)/t15-,22-/m0/s1. The van der Waals surface area contributed by atoms with E-state index in [-0.39, 0.29) is 46.9 Å². The SMILES string of the molecule is COc1ccc2cc([C@H](C)C(=O)SC[C@H](NC(C)=O)C(=O)CC(=N)CC(=N)N(C)C)ccc2c1. The highest BCUT2D eigenvalue weighted by atomic mass is 32.2. The first kappa shape index (κ1) is 27.0. The summed E-state index contributed by atoms with van der Waals surface area (Å²) < 4.78 is 5.25. The monoisotopic (exact) mass is 484 g/mol. The number of carbonyl (C=O) groups excluding carboxylic acids is 3. The highest BCUT2D eigenvalue weighted by Crippen LogP contribution is 2.28. The van der Waals surface area contributed by atoms with Gasteiger partial charge < -0.3 is 20.4 Å². The molecule has 2 atom stereocenters. The second kappa shape index (κ2) is 12.3. The normalized spacial score (nSPS) is 12.5. The maximum absolute atomic E-state index is 12.9. The summed E-state index contributed by atoms with van der Waals surface area (Å²) in [7, 11) is 5.02. The second-order valence-corrected chi connectivity index (χ2v) is 9.37. The van der Waals surface area contributed by atoms with Crippen LogP contribution >= 0.6 is 11.8 Å². The number of thioether (sulfide) groups is 1. The summed E-state index contributed by atoms with van der Waals surface area (Å²) in [6.07, 6.45) is -0.123. The Hall–Kier alpha value is -3.20. The number of ether oxygens (including phenoxy) is 1. The van der Waals surface area contributed by atoms with Gasteiger partial charge in [-0.1, -0.05) is 43.0 Å². The molecule has 0 aliphatic heterocycles. The number of ketones is 1. The Balaban J connectivity index is 2.03. The summed E-state index contributed by atoms with van der Waals surface area (Å²) in [4.78, 5) is 38.8. The average Bonchev–Trinajstić information content (AvgIpc) is 2.79. The molecule has 0 saturated heterocycles. The number of amidine groups is 1. The lowest BCUT2D eigenvalue weighted by Crippen LogP contribution is -2.42. The van der Waals surface area contributed by atoms with Crippen molar-refractivity contribution in [3.05, 3.63) is 42.0 Å². The highest BCUT2D eigenvalue weighted by Gasteiger charge is 2.24. The number of methoxy groups -OCH3 is 1. The zero-order valence-electron chi connectivity index (χ0n) is 20.2. The molecular weight excluding hydrogens is 452 g/mol. The number of carbonyl (C=O) groups is 3. The molecule has 0 aliphatic rings. The van der Waals surface area contributed by atoms with Gasteiger partial charge in [0.05, 0.1) is 19.1 Å². The van der Waals surface area contributed by atoms with Crippen LogP contribution in [0.4, 0.5) is 0 Å². The number of fused-ring (bicyclic) bond motifs is 1. The molecule has 0 spiro atoms. The number of nitrogens with one attached hydrogen (secondary N) is 3. The Kier molecular flexibility index (Phi) is 9.80. The number of Topliss-reactive ketones (excluding diaryl/α,β-unsaturated/α-hetero) is 1. The molecule has 9 heteroatoms. The van der Waals surface area contributed by atoms with Gasteiger partial charge in [0, 0.05) is 45.3 Å². The zero-order chi connectivity index (χ0) is 25.4. The van der Waals surface area contributed by atoms with E-state index in [9.17, 15) is 14.4 Å². The number of benzene rings is 2. The fourth-order valence-corrected chi connectivity index (χ4v) is 4.27. The maximum atomic E-state index is 12.9. The molecule has 3 N–H and O–H groups in total. The maximum Gasteiger partial charge on any atom is 0.217 e. The number of nitrogens with zero attached hydrogens (tertiary/aromatic N) is 1. The minimum Gasteiger partial charge on any atom is -0.497 e. The molecule has 0 aliphatic carbocycles. The summed E-state index contributed by atoms with van der Waals surface area (Å²) in [6.45, 7) is 3.13. The van der Waals surface area contributed by atoms with Gasteiger partial charge in [-0.3, -0.25) is 19.8 Å². The Morgan fingerprint density at radius 1 is 1.06 bits per heavy atom. The zero-order valence-corrected chi connectivity index (χ0v) is 21.0. The van der Waals surface area contributed by atoms with Crippen molar-refractivity contribution in [3.63, 3.8) is 0 Å². The number of hydrogen-bond acceptors (Lipinski definition) is 7. The molecule has 0 unspecified atom stereocenters. The molecule has 0 fully saturated rings. The first-order valence-electron chi connectivity index (χ1n) is 10.9. The van der Waals surface area contributed by atoms with Gasteiger partial charge in [-0.05, 0) is 28.5 Å². The third-order valence-corrected chi connectivity index (χ3v) is 6.53. The minimum absolute atomic E-state index is 0.0580. The van der Waals surface area contributed by atoms with E-state index in [0.717, 1.165) is 33.8 Å². The quantitative estimate of drug-likeness (QED) is 0.331. The van der Waals surface area contributed by atoms with Crippen molar-refractivity contribution in [3.8, 4) is 5.75 Å². The molecule has 0 saturated carbocycles. The molecule has 0 radical (unpaired) electrons. The summed E-state index contributed by atoms with van der Waals surface area (Å²) in [5, 5.41) is 20.3. The van der Waals surface area contributed by atoms with Gasteiger partial charge in [-0.15, -0.1) is 0 Å². The molecule has 182 valence electrons. The van der Waals surface area contributed by atoms with Gasteiger partial charge in [0.25, 0.3) is 0 Å². The van der Waals surface area contributed by atoms with Gasteiger partial charge in [0.2, 0.25) is 5.91 Å². The lowest BCUT2D eigenvalue weighted by atomic mass is 9.99. The van der Waals surface area contributed by atoms with Crippen molar-refractivity contribution < 1.29 is 19.1 Å². The fourth-order valence-electron chi connectivity index (χ4n) is 3.28. The number of amides is 1. The van der Waals surface area contributed by atoms with E-state index < -0.39 is 12.0 Å². The first-order valence-corrected chi connectivity index (χ1v) is 11.9. The Morgan fingerprint density at radius 2 is 1.71 bits per heavy atom. The molecule has 0 bridgehead atoms. The highest BCUT2D eigenvalue weighted by molar-refractivity contribution is 8.13. The fraction of sp³-hybridized carbons (Fsp3) is 0.400. The van der Waals surface area contributed by atoms with E-state index in [0.29, 0.717) is 0 Å². The predicted molar refractivity (Wildman–Crippen MR) is 137 cm³/mol. The van der Waals surface area contributed by atoms with Gasteiger partial charge in [0.1, 0.15) is 11.6 Å². The molecular formula is C25H32N4O4S. The largest absolute Gasteiger partial charge is 0.497 e. The molecule has 2 aromatic rings. The Bertz CT molecular complexity index is 1100. The van der Waals surface area contributed by atoms with Crippen LogP contribution in [0.25, 0.3) is 10.8 Å². The van der Waals surface area contributed by atoms with Gasteiger partial charge in [0.15, 0.2) is 10.9 Å². The summed E-state index contributed by atoms with van der Waals surface area (Å²) in [5.41, 5.74) is 0.957. The van der Waals surface area contributed by atoms with Crippen LogP contribution in [0.3, 0.4) is 0 Å². The molecule has 0 heterocycles. The first-order chi connectivity index (χ1) is 16.0. The minimum atomic E-state index is -0.878. The Morgan fingerprint density at radius 3 is 2.32 bits per heavy atom. The number of hydrogen-bond donors (Lipinski definition) is 3. The van der Waals surface area contributed by atoms with Crippen molar-refractivity contribution in [2.75, 3.05) is 27.0 Å². The van der Waals surface area contributed by atoms with E-state index in [4.69, 9.17) is 15.6 Å². The van der Waals surface area contributed by atoms with Crippen LogP contribution in [0.15, 0.2) is 36.4 Å². The van der Waals surface area contributed by atoms with Crippen molar-refractivity contribution >= 4 is 50.9 Å². The van der Waals surface area contributed by atoms with Crippen molar-refractivity contribution in [2.24, 2.45) is 0 Å².